The summed E-state index contributed by atoms with van der Waals surface area (Å²) in [6.45, 7) is 5.41. The van der Waals surface area contributed by atoms with Crippen LogP contribution in [0.1, 0.15) is 19.3 Å². The fourth-order valence-electron chi connectivity index (χ4n) is 3.73. The van der Waals surface area contributed by atoms with Crippen LogP contribution in [0.4, 0.5) is 5.69 Å². The van der Waals surface area contributed by atoms with Gasteiger partial charge in [-0.2, -0.15) is 4.31 Å². The summed E-state index contributed by atoms with van der Waals surface area (Å²) in [6.07, 6.45) is 1.79. The van der Waals surface area contributed by atoms with E-state index in [1.807, 2.05) is 0 Å². The van der Waals surface area contributed by atoms with Gasteiger partial charge in [-0.05, 0) is 37.9 Å². The average molecular weight is 441 g/mol. The number of benzene rings is 1. The number of non-ortho nitro benzene ring substituents is 1. The van der Waals surface area contributed by atoms with E-state index in [9.17, 15) is 23.3 Å². The highest BCUT2D eigenvalue weighted by Gasteiger charge is 2.32. The lowest BCUT2D eigenvalue weighted by Gasteiger charge is -2.30. The Labute approximate surface area is 176 Å². The van der Waals surface area contributed by atoms with Crippen molar-refractivity contribution < 1.29 is 22.9 Å². The summed E-state index contributed by atoms with van der Waals surface area (Å²) in [5.41, 5.74) is -0.155. The molecule has 1 aromatic carbocycles. The highest BCUT2D eigenvalue weighted by atomic mass is 32.2. The number of amides is 1. The molecule has 2 fully saturated rings. The Hall–Kier alpha value is -2.08. The zero-order valence-corrected chi connectivity index (χ0v) is 17.7. The predicted molar refractivity (Wildman–Crippen MR) is 109 cm³/mol. The maximum absolute atomic E-state index is 12.7. The van der Waals surface area contributed by atoms with Gasteiger partial charge < -0.3 is 10.1 Å². The molecule has 1 amide bonds. The van der Waals surface area contributed by atoms with Crippen molar-refractivity contribution in [2.24, 2.45) is 5.92 Å². The summed E-state index contributed by atoms with van der Waals surface area (Å²) in [7, 11) is -3.72. The first-order valence-corrected chi connectivity index (χ1v) is 11.6. The summed E-state index contributed by atoms with van der Waals surface area (Å²) in [5.74, 6) is -0.221. The number of nitrogens with one attached hydrogen (secondary N) is 1. The van der Waals surface area contributed by atoms with Gasteiger partial charge in [-0.3, -0.25) is 19.8 Å². The van der Waals surface area contributed by atoms with Crippen molar-refractivity contribution in [3.8, 4) is 0 Å². The molecular formula is C19H28N4O6S. The summed E-state index contributed by atoms with van der Waals surface area (Å²) >= 11 is 0. The minimum Gasteiger partial charge on any atom is -0.379 e. The Morgan fingerprint density at radius 1 is 1.13 bits per heavy atom. The first-order valence-electron chi connectivity index (χ1n) is 10.2. The number of nitrogens with zero attached hydrogens (tertiary/aromatic N) is 3. The maximum atomic E-state index is 12.7. The zero-order chi connectivity index (χ0) is 21.6. The van der Waals surface area contributed by atoms with Gasteiger partial charge in [0.1, 0.15) is 0 Å². The molecule has 3 rings (SSSR count). The molecule has 30 heavy (non-hydrogen) atoms. The molecular weight excluding hydrogens is 412 g/mol. The largest absolute Gasteiger partial charge is 0.379 e. The van der Waals surface area contributed by atoms with Crippen LogP contribution < -0.4 is 5.32 Å². The fourth-order valence-corrected chi connectivity index (χ4v) is 5.20. The lowest BCUT2D eigenvalue weighted by atomic mass is 9.97. The quantitative estimate of drug-likeness (QED) is 0.361. The van der Waals surface area contributed by atoms with Gasteiger partial charge in [-0.25, -0.2) is 8.42 Å². The molecule has 1 aromatic rings. The van der Waals surface area contributed by atoms with Crippen LogP contribution in [0.2, 0.25) is 0 Å². The van der Waals surface area contributed by atoms with Gasteiger partial charge in [0.25, 0.3) is 5.69 Å². The second-order valence-corrected chi connectivity index (χ2v) is 9.47. The molecule has 0 saturated carbocycles. The second-order valence-electron chi connectivity index (χ2n) is 7.53. The molecule has 2 aliphatic heterocycles. The molecule has 0 spiro atoms. The predicted octanol–water partition coefficient (Wildman–Crippen LogP) is 0.834. The molecule has 0 bridgehead atoms. The zero-order valence-electron chi connectivity index (χ0n) is 16.9. The van der Waals surface area contributed by atoms with E-state index in [0.29, 0.717) is 19.4 Å². The SMILES string of the molecule is O=C(NCCCN1CCOCC1)C1CCN(S(=O)(=O)c2ccc([N+](=O)[O-])cc2)CC1. The van der Waals surface area contributed by atoms with Gasteiger partial charge in [0.2, 0.25) is 15.9 Å². The first-order chi connectivity index (χ1) is 14.4. The third kappa shape index (κ3) is 5.75. The van der Waals surface area contributed by atoms with Crippen molar-refractivity contribution in [1.82, 2.24) is 14.5 Å². The van der Waals surface area contributed by atoms with Gasteiger partial charge in [0.05, 0.1) is 23.0 Å². The van der Waals surface area contributed by atoms with E-state index >= 15 is 0 Å². The van der Waals surface area contributed by atoms with E-state index in [1.165, 1.54) is 28.6 Å². The molecule has 10 nitrogen and oxygen atoms in total. The van der Waals surface area contributed by atoms with E-state index in [-0.39, 0.29) is 35.5 Å². The van der Waals surface area contributed by atoms with Crippen LogP contribution in [0.25, 0.3) is 0 Å². The molecule has 2 heterocycles. The van der Waals surface area contributed by atoms with E-state index in [4.69, 9.17) is 4.74 Å². The van der Waals surface area contributed by atoms with E-state index in [0.717, 1.165) is 39.3 Å². The number of ether oxygens (including phenoxy) is 1. The van der Waals surface area contributed by atoms with Crippen LogP contribution in [0.3, 0.4) is 0 Å². The Kier molecular flexibility index (Phi) is 7.75. The van der Waals surface area contributed by atoms with Crippen molar-refractivity contribution >= 4 is 21.6 Å². The maximum Gasteiger partial charge on any atom is 0.269 e. The van der Waals surface area contributed by atoms with Crippen LogP contribution >= 0.6 is 0 Å². The highest BCUT2D eigenvalue weighted by molar-refractivity contribution is 7.89. The van der Waals surface area contributed by atoms with E-state index < -0.39 is 14.9 Å². The number of hydrogen-bond acceptors (Lipinski definition) is 7. The monoisotopic (exact) mass is 440 g/mol. The number of sulfonamides is 1. The molecule has 0 radical (unpaired) electrons. The Morgan fingerprint density at radius 3 is 2.37 bits per heavy atom. The summed E-state index contributed by atoms with van der Waals surface area (Å²) < 4.78 is 32.2. The highest BCUT2D eigenvalue weighted by Crippen LogP contribution is 2.25. The van der Waals surface area contributed by atoms with Crippen molar-refractivity contribution in [2.75, 3.05) is 52.5 Å². The number of carbonyl (C=O) groups is 1. The molecule has 11 heteroatoms. The van der Waals surface area contributed by atoms with Crippen molar-refractivity contribution in [3.63, 3.8) is 0 Å². The van der Waals surface area contributed by atoms with Gasteiger partial charge in [0, 0.05) is 50.8 Å². The van der Waals surface area contributed by atoms with Crippen LogP contribution in [0, 0.1) is 16.0 Å². The fraction of sp³-hybridized carbons (Fsp3) is 0.632. The number of nitro benzene ring substituents is 1. The van der Waals surface area contributed by atoms with Crippen molar-refractivity contribution in [2.45, 2.75) is 24.2 Å². The number of carbonyl (C=O) groups excluding carboxylic acids is 1. The first kappa shape index (κ1) is 22.6. The molecule has 2 saturated heterocycles. The number of hydrogen-bond donors (Lipinski definition) is 1. The molecule has 0 unspecified atom stereocenters. The smallest absolute Gasteiger partial charge is 0.269 e. The average Bonchev–Trinajstić information content (AvgIpc) is 2.77. The second kappa shape index (κ2) is 10.3. The Morgan fingerprint density at radius 2 is 1.77 bits per heavy atom. The molecule has 0 aromatic heterocycles. The van der Waals surface area contributed by atoms with Crippen molar-refractivity contribution in [1.29, 1.82) is 0 Å². The number of morpholine rings is 1. The van der Waals surface area contributed by atoms with Crippen LogP contribution in [-0.4, -0.2) is 80.9 Å². The molecule has 166 valence electrons. The standard InChI is InChI=1S/C19H28N4O6S/c24-19(20-8-1-9-21-12-14-29-15-13-21)16-6-10-22(11-7-16)30(27,28)18-4-2-17(3-5-18)23(25)26/h2-5,16H,1,6-15H2,(H,20,24). The lowest BCUT2D eigenvalue weighted by Crippen LogP contribution is -2.43. The van der Waals surface area contributed by atoms with E-state index in [2.05, 4.69) is 10.2 Å². The van der Waals surface area contributed by atoms with Gasteiger partial charge >= 0.3 is 0 Å². The summed E-state index contributed by atoms with van der Waals surface area (Å²) in [6, 6.07) is 4.87. The lowest BCUT2D eigenvalue weighted by molar-refractivity contribution is -0.384. The minimum atomic E-state index is -3.72. The topological polar surface area (TPSA) is 122 Å². The van der Waals surface area contributed by atoms with Gasteiger partial charge in [0.15, 0.2) is 0 Å². The van der Waals surface area contributed by atoms with Crippen LogP contribution in [-0.2, 0) is 19.6 Å². The van der Waals surface area contributed by atoms with Gasteiger partial charge in [-0.1, -0.05) is 0 Å². The number of piperidine rings is 1. The van der Waals surface area contributed by atoms with E-state index in [1.54, 1.807) is 0 Å². The van der Waals surface area contributed by atoms with Crippen molar-refractivity contribution in [3.05, 3.63) is 34.4 Å². The normalized spacial score (nSPS) is 19.5. The molecule has 0 atom stereocenters. The summed E-state index contributed by atoms with van der Waals surface area (Å²) in [4.78, 5) is 24.9. The number of rotatable bonds is 8. The van der Waals surface area contributed by atoms with Gasteiger partial charge in [-0.15, -0.1) is 0 Å². The molecule has 0 aliphatic carbocycles. The third-order valence-corrected chi connectivity index (χ3v) is 7.48. The summed E-state index contributed by atoms with van der Waals surface area (Å²) in [5, 5.41) is 13.7. The minimum absolute atomic E-state index is 0.0237. The van der Waals surface area contributed by atoms with Crippen LogP contribution in [0.15, 0.2) is 29.2 Å². The Balaban J connectivity index is 1.43. The van der Waals surface area contributed by atoms with Crippen LogP contribution in [0.5, 0.6) is 0 Å². The molecule has 2 aliphatic rings. The molecule has 1 N–H and O–H groups in total. The number of nitro groups is 1. The third-order valence-electron chi connectivity index (χ3n) is 5.56. The Bertz CT molecular complexity index is 831.